The number of carbonyl (C=O) groups is 1. The van der Waals surface area contributed by atoms with Crippen molar-refractivity contribution in [3.05, 3.63) is 53.6 Å². The summed E-state index contributed by atoms with van der Waals surface area (Å²) in [6.07, 6.45) is 1.14. The van der Waals surface area contributed by atoms with Gasteiger partial charge in [0.2, 0.25) is 0 Å². The SMILES string of the molecule is Cc1cc(N(C)C)ccc1NC(=O)c1ccc(S(C)(=O)=O)cc1. The van der Waals surface area contributed by atoms with E-state index in [9.17, 15) is 13.2 Å². The molecule has 5 nitrogen and oxygen atoms in total. The lowest BCUT2D eigenvalue weighted by Crippen LogP contribution is -2.14. The normalized spacial score (nSPS) is 11.1. The van der Waals surface area contributed by atoms with Crippen LogP contribution in [0.3, 0.4) is 0 Å². The van der Waals surface area contributed by atoms with Gasteiger partial charge >= 0.3 is 0 Å². The van der Waals surface area contributed by atoms with Crippen LogP contribution in [0.4, 0.5) is 11.4 Å². The molecule has 6 heteroatoms. The summed E-state index contributed by atoms with van der Waals surface area (Å²) in [5, 5.41) is 2.84. The number of aryl methyl sites for hydroxylation is 1. The second-order valence-electron chi connectivity index (χ2n) is 5.64. The van der Waals surface area contributed by atoms with Gasteiger partial charge in [0.25, 0.3) is 5.91 Å². The molecule has 0 saturated carbocycles. The summed E-state index contributed by atoms with van der Waals surface area (Å²) in [5.74, 6) is -0.272. The van der Waals surface area contributed by atoms with Gasteiger partial charge in [-0.15, -0.1) is 0 Å². The van der Waals surface area contributed by atoms with Crippen molar-refractivity contribution in [3.8, 4) is 0 Å². The van der Waals surface area contributed by atoms with E-state index in [1.807, 2.05) is 44.1 Å². The molecule has 1 amide bonds. The van der Waals surface area contributed by atoms with Crippen molar-refractivity contribution >= 4 is 27.1 Å². The lowest BCUT2D eigenvalue weighted by molar-refractivity contribution is 0.102. The van der Waals surface area contributed by atoms with Crippen LogP contribution >= 0.6 is 0 Å². The standard InChI is InChI=1S/C17H20N2O3S/c1-12-11-14(19(2)3)7-10-16(12)18-17(20)13-5-8-15(9-6-13)23(4,21)22/h5-11H,1-4H3,(H,18,20). The Balaban J connectivity index is 2.19. The molecule has 122 valence electrons. The molecule has 1 N–H and O–H groups in total. The Bertz CT molecular complexity index is 825. The maximum atomic E-state index is 12.3. The third-order valence-electron chi connectivity index (χ3n) is 3.52. The fourth-order valence-electron chi connectivity index (χ4n) is 2.11. The predicted octanol–water partition coefficient (Wildman–Crippen LogP) is 2.72. The first kappa shape index (κ1) is 17.0. The summed E-state index contributed by atoms with van der Waals surface area (Å²) in [4.78, 5) is 14.5. The van der Waals surface area contributed by atoms with Crippen molar-refractivity contribution in [1.82, 2.24) is 0 Å². The van der Waals surface area contributed by atoms with E-state index in [0.717, 1.165) is 23.2 Å². The zero-order chi connectivity index (χ0) is 17.2. The van der Waals surface area contributed by atoms with Gasteiger partial charge in [0, 0.05) is 37.3 Å². The second kappa shape index (κ2) is 6.42. The van der Waals surface area contributed by atoms with Gasteiger partial charge < -0.3 is 10.2 Å². The number of rotatable bonds is 4. The van der Waals surface area contributed by atoms with E-state index in [1.165, 1.54) is 24.3 Å². The number of hydrogen-bond donors (Lipinski definition) is 1. The molecule has 0 bridgehead atoms. The molecule has 0 aliphatic rings. The Kier molecular flexibility index (Phi) is 4.75. The average Bonchev–Trinajstić information content (AvgIpc) is 2.48. The van der Waals surface area contributed by atoms with Crippen molar-refractivity contribution in [1.29, 1.82) is 0 Å². The summed E-state index contributed by atoms with van der Waals surface area (Å²) in [6, 6.07) is 11.7. The van der Waals surface area contributed by atoms with Gasteiger partial charge in [0.1, 0.15) is 0 Å². The van der Waals surface area contributed by atoms with E-state index >= 15 is 0 Å². The van der Waals surface area contributed by atoms with Crippen LogP contribution in [0.5, 0.6) is 0 Å². The van der Waals surface area contributed by atoms with Gasteiger partial charge in [-0.1, -0.05) is 0 Å². The van der Waals surface area contributed by atoms with E-state index in [1.54, 1.807) is 0 Å². The molecule has 0 saturated heterocycles. The summed E-state index contributed by atoms with van der Waals surface area (Å²) in [5.41, 5.74) is 3.15. The summed E-state index contributed by atoms with van der Waals surface area (Å²) >= 11 is 0. The van der Waals surface area contributed by atoms with Crippen molar-refractivity contribution in [3.63, 3.8) is 0 Å². The van der Waals surface area contributed by atoms with Crippen LogP contribution < -0.4 is 10.2 Å². The third-order valence-corrected chi connectivity index (χ3v) is 4.65. The van der Waals surface area contributed by atoms with Crippen molar-refractivity contribution in [2.45, 2.75) is 11.8 Å². The number of nitrogens with zero attached hydrogens (tertiary/aromatic N) is 1. The number of carbonyl (C=O) groups excluding carboxylic acids is 1. The Hall–Kier alpha value is -2.34. The molecule has 0 aliphatic carbocycles. The predicted molar refractivity (Wildman–Crippen MR) is 93.0 cm³/mol. The minimum absolute atomic E-state index is 0.195. The third kappa shape index (κ3) is 4.10. The van der Waals surface area contributed by atoms with Gasteiger partial charge in [-0.2, -0.15) is 0 Å². The van der Waals surface area contributed by atoms with Crippen molar-refractivity contribution in [2.24, 2.45) is 0 Å². The Morgan fingerprint density at radius 3 is 2.13 bits per heavy atom. The molecule has 0 aromatic heterocycles. The maximum absolute atomic E-state index is 12.3. The highest BCUT2D eigenvalue weighted by atomic mass is 32.2. The smallest absolute Gasteiger partial charge is 0.255 e. The highest BCUT2D eigenvalue weighted by Crippen LogP contribution is 2.22. The van der Waals surface area contributed by atoms with Crippen LogP contribution in [0.15, 0.2) is 47.4 Å². The summed E-state index contributed by atoms with van der Waals surface area (Å²) in [6.45, 7) is 1.93. The first-order valence-electron chi connectivity index (χ1n) is 7.08. The van der Waals surface area contributed by atoms with Gasteiger partial charge in [-0.3, -0.25) is 4.79 Å². The molecule has 2 aromatic rings. The topological polar surface area (TPSA) is 66.5 Å². The number of anilines is 2. The second-order valence-corrected chi connectivity index (χ2v) is 7.66. The monoisotopic (exact) mass is 332 g/mol. The van der Waals surface area contributed by atoms with E-state index in [0.29, 0.717) is 5.56 Å². The highest BCUT2D eigenvalue weighted by molar-refractivity contribution is 7.90. The fourth-order valence-corrected chi connectivity index (χ4v) is 2.74. The van der Waals surface area contributed by atoms with Gasteiger partial charge in [0.15, 0.2) is 9.84 Å². The molecular formula is C17H20N2O3S. The highest BCUT2D eigenvalue weighted by Gasteiger charge is 2.11. The van der Waals surface area contributed by atoms with E-state index in [4.69, 9.17) is 0 Å². The van der Waals surface area contributed by atoms with E-state index < -0.39 is 9.84 Å². The number of nitrogens with one attached hydrogen (secondary N) is 1. The number of amides is 1. The minimum atomic E-state index is -3.26. The first-order chi connectivity index (χ1) is 10.7. The van der Waals surface area contributed by atoms with Crippen LogP contribution in [0, 0.1) is 6.92 Å². The summed E-state index contributed by atoms with van der Waals surface area (Å²) < 4.78 is 22.9. The summed E-state index contributed by atoms with van der Waals surface area (Å²) in [7, 11) is 0.649. The number of hydrogen-bond acceptors (Lipinski definition) is 4. The molecule has 0 atom stereocenters. The van der Waals surface area contributed by atoms with Crippen LogP contribution in [0.1, 0.15) is 15.9 Å². The molecular weight excluding hydrogens is 312 g/mol. The molecule has 0 aliphatic heterocycles. The molecule has 23 heavy (non-hydrogen) atoms. The lowest BCUT2D eigenvalue weighted by atomic mass is 10.1. The van der Waals surface area contributed by atoms with E-state index in [-0.39, 0.29) is 10.8 Å². The van der Waals surface area contributed by atoms with Gasteiger partial charge in [0.05, 0.1) is 4.90 Å². The van der Waals surface area contributed by atoms with E-state index in [2.05, 4.69) is 5.32 Å². The average molecular weight is 332 g/mol. The largest absolute Gasteiger partial charge is 0.378 e. The zero-order valence-electron chi connectivity index (χ0n) is 13.6. The van der Waals surface area contributed by atoms with Crippen LogP contribution in [0.2, 0.25) is 0 Å². The quantitative estimate of drug-likeness (QED) is 0.935. The molecule has 0 unspecified atom stereocenters. The molecule has 0 fully saturated rings. The van der Waals surface area contributed by atoms with Gasteiger partial charge in [-0.25, -0.2) is 8.42 Å². The van der Waals surface area contributed by atoms with Crippen LogP contribution in [-0.4, -0.2) is 34.7 Å². The van der Waals surface area contributed by atoms with Crippen molar-refractivity contribution in [2.75, 3.05) is 30.6 Å². The van der Waals surface area contributed by atoms with Crippen LogP contribution in [-0.2, 0) is 9.84 Å². The fraction of sp³-hybridized carbons (Fsp3) is 0.235. The zero-order valence-corrected chi connectivity index (χ0v) is 14.4. The Morgan fingerprint density at radius 2 is 1.65 bits per heavy atom. The molecule has 0 spiro atoms. The molecule has 0 radical (unpaired) electrons. The minimum Gasteiger partial charge on any atom is -0.378 e. The van der Waals surface area contributed by atoms with Gasteiger partial charge in [-0.05, 0) is 55.0 Å². The Morgan fingerprint density at radius 1 is 1.04 bits per heavy atom. The van der Waals surface area contributed by atoms with Crippen LogP contribution in [0.25, 0.3) is 0 Å². The molecule has 0 heterocycles. The lowest BCUT2D eigenvalue weighted by Gasteiger charge is -2.15. The number of sulfone groups is 1. The maximum Gasteiger partial charge on any atom is 0.255 e. The molecule has 2 aromatic carbocycles. The van der Waals surface area contributed by atoms with Crippen molar-refractivity contribution < 1.29 is 13.2 Å². The number of benzene rings is 2. The first-order valence-corrected chi connectivity index (χ1v) is 8.97. The Labute approximate surface area is 136 Å². The molecule has 2 rings (SSSR count).